The average Bonchev–Trinajstić information content (AvgIpc) is 2.96. The standard InChI is InChI=1S/C10H12BNO3/c13-11(14)7-1-2-8-9(5-7)15-10(3-4-10)6-12-8/h1-2,5,12-14H,3-4,6H2. The highest BCUT2D eigenvalue weighted by Gasteiger charge is 2.47. The molecule has 78 valence electrons. The van der Waals surface area contributed by atoms with E-state index in [2.05, 4.69) is 5.32 Å². The summed E-state index contributed by atoms with van der Waals surface area (Å²) in [5, 5.41) is 21.4. The zero-order chi connectivity index (χ0) is 10.5. The molecule has 1 aromatic carbocycles. The minimum atomic E-state index is -1.43. The van der Waals surface area contributed by atoms with Gasteiger partial charge in [-0.2, -0.15) is 0 Å². The molecule has 4 nitrogen and oxygen atoms in total. The van der Waals surface area contributed by atoms with E-state index < -0.39 is 7.12 Å². The zero-order valence-electron chi connectivity index (χ0n) is 8.23. The molecule has 0 atom stereocenters. The van der Waals surface area contributed by atoms with Crippen molar-refractivity contribution in [1.29, 1.82) is 0 Å². The first-order valence-electron chi connectivity index (χ1n) is 5.12. The number of hydrogen-bond acceptors (Lipinski definition) is 4. The maximum Gasteiger partial charge on any atom is 0.488 e. The molecule has 1 heterocycles. The summed E-state index contributed by atoms with van der Waals surface area (Å²) in [5.41, 5.74) is 1.37. The van der Waals surface area contributed by atoms with Gasteiger partial charge in [-0.1, -0.05) is 6.07 Å². The van der Waals surface area contributed by atoms with Crippen LogP contribution in [0.1, 0.15) is 12.8 Å². The van der Waals surface area contributed by atoms with Crippen LogP contribution in [0.15, 0.2) is 18.2 Å². The van der Waals surface area contributed by atoms with Gasteiger partial charge in [-0.25, -0.2) is 0 Å². The summed E-state index contributed by atoms with van der Waals surface area (Å²) in [6.45, 7) is 0.848. The van der Waals surface area contributed by atoms with E-state index in [1.165, 1.54) is 0 Å². The van der Waals surface area contributed by atoms with E-state index in [1.807, 2.05) is 6.07 Å². The quantitative estimate of drug-likeness (QED) is 0.551. The second kappa shape index (κ2) is 2.90. The van der Waals surface area contributed by atoms with Crippen molar-refractivity contribution in [2.24, 2.45) is 0 Å². The fourth-order valence-corrected chi connectivity index (χ4v) is 1.87. The number of benzene rings is 1. The van der Waals surface area contributed by atoms with Crippen LogP contribution in [0.5, 0.6) is 5.75 Å². The van der Waals surface area contributed by atoms with E-state index in [0.29, 0.717) is 5.46 Å². The topological polar surface area (TPSA) is 61.7 Å². The van der Waals surface area contributed by atoms with Crippen molar-refractivity contribution in [3.63, 3.8) is 0 Å². The monoisotopic (exact) mass is 205 g/mol. The Morgan fingerprint density at radius 2 is 2.13 bits per heavy atom. The Balaban J connectivity index is 1.96. The predicted molar refractivity (Wildman–Crippen MR) is 57.4 cm³/mol. The lowest BCUT2D eigenvalue weighted by atomic mass is 9.80. The lowest BCUT2D eigenvalue weighted by molar-refractivity contribution is 0.184. The Hall–Kier alpha value is -1.20. The molecule has 0 radical (unpaired) electrons. The van der Waals surface area contributed by atoms with Crippen LogP contribution in [0, 0.1) is 0 Å². The van der Waals surface area contributed by atoms with Crippen molar-refractivity contribution >= 4 is 18.3 Å². The van der Waals surface area contributed by atoms with Gasteiger partial charge >= 0.3 is 7.12 Å². The third-order valence-corrected chi connectivity index (χ3v) is 3.04. The number of ether oxygens (including phenoxy) is 1. The fraction of sp³-hybridized carbons (Fsp3) is 0.400. The molecule has 1 saturated carbocycles. The number of fused-ring (bicyclic) bond motifs is 1. The lowest BCUT2D eigenvalue weighted by Crippen LogP contribution is -2.35. The first kappa shape index (κ1) is 9.06. The van der Waals surface area contributed by atoms with Crippen molar-refractivity contribution in [3.05, 3.63) is 18.2 Å². The molecule has 3 N–H and O–H groups in total. The Bertz CT molecular complexity index is 404. The highest BCUT2D eigenvalue weighted by molar-refractivity contribution is 6.58. The average molecular weight is 205 g/mol. The molecular formula is C10H12BNO3. The molecule has 0 bridgehead atoms. The molecular weight excluding hydrogens is 193 g/mol. The Labute approximate surface area is 88.0 Å². The molecule has 1 fully saturated rings. The molecule has 0 unspecified atom stereocenters. The molecule has 3 rings (SSSR count). The van der Waals surface area contributed by atoms with Gasteiger partial charge in [0.25, 0.3) is 0 Å². The first-order chi connectivity index (χ1) is 7.19. The van der Waals surface area contributed by atoms with Gasteiger partial charge in [0.05, 0.1) is 12.2 Å². The first-order valence-corrected chi connectivity index (χ1v) is 5.12. The molecule has 0 aromatic heterocycles. The number of hydrogen-bond donors (Lipinski definition) is 3. The van der Waals surface area contributed by atoms with Gasteiger partial charge in [0.2, 0.25) is 0 Å². The Morgan fingerprint density at radius 1 is 1.33 bits per heavy atom. The number of rotatable bonds is 1. The molecule has 15 heavy (non-hydrogen) atoms. The van der Waals surface area contributed by atoms with E-state index in [4.69, 9.17) is 14.8 Å². The lowest BCUT2D eigenvalue weighted by Gasteiger charge is -2.27. The van der Waals surface area contributed by atoms with Crippen molar-refractivity contribution in [1.82, 2.24) is 0 Å². The van der Waals surface area contributed by atoms with Crippen LogP contribution < -0.4 is 15.5 Å². The van der Waals surface area contributed by atoms with Gasteiger partial charge in [0, 0.05) is 0 Å². The van der Waals surface area contributed by atoms with Gasteiger partial charge in [-0.05, 0) is 30.4 Å². The molecule has 2 aliphatic rings. The molecule has 0 amide bonds. The van der Waals surface area contributed by atoms with Crippen molar-refractivity contribution < 1.29 is 14.8 Å². The summed E-state index contributed by atoms with van der Waals surface area (Å²) in [5.74, 6) is 0.726. The molecule has 1 aromatic rings. The summed E-state index contributed by atoms with van der Waals surface area (Å²) < 4.78 is 5.84. The molecule has 1 aliphatic heterocycles. The van der Waals surface area contributed by atoms with E-state index in [0.717, 1.165) is 30.8 Å². The van der Waals surface area contributed by atoms with E-state index in [1.54, 1.807) is 12.1 Å². The van der Waals surface area contributed by atoms with Crippen molar-refractivity contribution in [3.8, 4) is 5.75 Å². The summed E-state index contributed by atoms with van der Waals surface area (Å²) in [7, 11) is -1.43. The maximum atomic E-state index is 9.05. The van der Waals surface area contributed by atoms with Crippen LogP contribution in [0.4, 0.5) is 5.69 Å². The molecule has 5 heteroatoms. The fourth-order valence-electron chi connectivity index (χ4n) is 1.87. The van der Waals surface area contributed by atoms with E-state index in [9.17, 15) is 0 Å². The van der Waals surface area contributed by atoms with Crippen LogP contribution in [0.25, 0.3) is 0 Å². The van der Waals surface area contributed by atoms with E-state index >= 15 is 0 Å². The summed E-state index contributed by atoms with van der Waals surface area (Å²) in [6.07, 6.45) is 2.15. The smallest absolute Gasteiger partial charge is 0.483 e. The van der Waals surface area contributed by atoms with Gasteiger partial charge in [0.15, 0.2) is 0 Å². The third-order valence-electron chi connectivity index (χ3n) is 3.04. The second-order valence-corrected chi connectivity index (χ2v) is 4.27. The van der Waals surface area contributed by atoms with Crippen LogP contribution in [-0.2, 0) is 0 Å². The van der Waals surface area contributed by atoms with E-state index in [-0.39, 0.29) is 5.60 Å². The van der Waals surface area contributed by atoms with Crippen LogP contribution >= 0.6 is 0 Å². The summed E-state index contributed by atoms with van der Waals surface area (Å²) >= 11 is 0. The SMILES string of the molecule is OB(O)c1ccc2c(c1)OC1(CC1)CN2. The zero-order valence-corrected chi connectivity index (χ0v) is 8.23. The van der Waals surface area contributed by atoms with Crippen molar-refractivity contribution in [2.75, 3.05) is 11.9 Å². The van der Waals surface area contributed by atoms with Crippen LogP contribution in [0.3, 0.4) is 0 Å². The normalized spacial score (nSPS) is 20.1. The largest absolute Gasteiger partial charge is 0.488 e. The van der Waals surface area contributed by atoms with Gasteiger partial charge in [-0.15, -0.1) is 0 Å². The van der Waals surface area contributed by atoms with Gasteiger partial charge < -0.3 is 20.1 Å². The minimum Gasteiger partial charge on any atom is -0.483 e. The summed E-state index contributed by atoms with van der Waals surface area (Å²) in [6, 6.07) is 5.19. The maximum absolute atomic E-state index is 9.05. The highest BCUT2D eigenvalue weighted by atomic mass is 16.5. The number of nitrogens with one attached hydrogen (secondary N) is 1. The Morgan fingerprint density at radius 3 is 2.80 bits per heavy atom. The van der Waals surface area contributed by atoms with Gasteiger partial charge in [-0.3, -0.25) is 0 Å². The third kappa shape index (κ3) is 1.48. The number of anilines is 1. The van der Waals surface area contributed by atoms with Gasteiger partial charge in [0.1, 0.15) is 11.4 Å². The molecule has 1 aliphatic carbocycles. The second-order valence-electron chi connectivity index (χ2n) is 4.27. The molecule has 0 saturated heterocycles. The molecule has 1 spiro atoms. The Kier molecular flexibility index (Phi) is 1.75. The highest BCUT2D eigenvalue weighted by Crippen LogP contribution is 2.45. The summed E-state index contributed by atoms with van der Waals surface area (Å²) in [4.78, 5) is 0. The minimum absolute atomic E-state index is 0.0218. The van der Waals surface area contributed by atoms with Crippen LogP contribution in [-0.4, -0.2) is 29.3 Å². The van der Waals surface area contributed by atoms with Crippen LogP contribution in [0.2, 0.25) is 0 Å². The predicted octanol–water partition coefficient (Wildman–Crippen LogP) is -0.297. The van der Waals surface area contributed by atoms with Crippen molar-refractivity contribution in [2.45, 2.75) is 18.4 Å².